The van der Waals surface area contributed by atoms with E-state index in [0.717, 1.165) is 17.3 Å². The highest BCUT2D eigenvalue weighted by molar-refractivity contribution is 8.23. The summed E-state index contributed by atoms with van der Waals surface area (Å²) >= 11 is 6.85. The zero-order valence-electron chi connectivity index (χ0n) is 9.78. The zero-order chi connectivity index (χ0) is 11.6. The van der Waals surface area contributed by atoms with Crippen molar-refractivity contribution in [1.29, 1.82) is 0 Å². The fraction of sp³-hybridized carbons (Fsp3) is 0.900. The number of thiocarbonyl (C=S) groups is 1. The third-order valence-electron chi connectivity index (χ3n) is 2.82. The molecule has 0 aliphatic carbocycles. The van der Waals surface area contributed by atoms with Crippen LogP contribution in [0.25, 0.3) is 0 Å². The Morgan fingerprint density at radius 2 is 2.20 bits per heavy atom. The molecule has 0 bridgehead atoms. The first-order valence-corrected chi connectivity index (χ1v) is 6.56. The van der Waals surface area contributed by atoms with Gasteiger partial charge in [-0.3, -0.25) is 0 Å². The van der Waals surface area contributed by atoms with Crippen molar-refractivity contribution >= 4 is 28.3 Å². The van der Waals surface area contributed by atoms with Gasteiger partial charge >= 0.3 is 0 Å². The second kappa shape index (κ2) is 4.99. The molecule has 2 N–H and O–H groups in total. The minimum atomic E-state index is -0.120. The topological polar surface area (TPSA) is 35.5 Å². The Kier molecular flexibility index (Phi) is 4.40. The van der Waals surface area contributed by atoms with E-state index in [9.17, 15) is 0 Å². The van der Waals surface area contributed by atoms with E-state index in [2.05, 4.69) is 38.1 Å². The normalized spacial score (nSPS) is 25.3. The third kappa shape index (κ3) is 2.84. The molecule has 1 atom stereocenters. The molecule has 5 heteroatoms. The Morgan fingerprint density at radius 1 is 1.60 bits per heavy atom. The SMILES string of the molecule is CC(C)CCN1C(=S)S[C@H](NO)C1(C)C. The molecule has 1 rings (SSSR count). The Bertz CT molecular complexity index is 244. The minimum absolute atomic E-state index is 0.0304. The van der Waals surface area contributed by atoms with Crippen molar-refractivity contribution in [1.82, 2.24) is 10.4 Å². The standard InChI is InChI=1S/C10H20N2OS2/c1-7(2)5-6-12-9(14)15-8(11-13)10(12,3)4/h7-8,11,13H,5-6H2,1-4H3/t8-/m0/s1. The van der Waals surface area contributed by atoms with Gasteiger partial charge in [0.15, 0.2) is 0 Å². The van der Waals surface area contributed by atoms with E-state index >= 15 is 0 Å². The molecule has 88 valence electrons. The summed E-state index contributed by atoms with van der Waals surface area (Å²) in [7, 11) is 0. The first-order chi connectivity index (χ1) is 6.89. The summed E-state index contributed by atoms with van der Waals surface area (Å²) in [5.41, 5.74) is 2.22. The van der Waals surface area contributed by atoms with Crippen LogP contribution in [-0.2, 0) is 0 Å². The summed E-state index contributed by atoms with van der Waals surface area (Å²) < 4.78 is 0.882. The summed E-state index contributed by atoms with van der Waals surface area (Å²) in [6, 6.07) is 0. The van der Waals surface area contributed by atoms with Gasteiger partial charge < -0.3 is 10.1 Å². The van der Waals surface area contributed by atoms with Crippen LogP contribution < -0.4 is 5.48 Å². The molecule has 0 aromatic carbocycles. The predicted octanol–water partition coefficient (Wildman–Crippen LogP) is 2.45. The van der Waals surface area contributed by atoms with E-state index < -0.39 is 0 Å². The lowest BCUT2D eigenvalue weighted by Gasteiger charge is -2.35. The number of hydrogen-bond donors (Lipinski definition) is 2. The summed E-state index contributed by atoms with van der Waals surface area (Å²) in [6.07, 6.45) is 1.13. The molecular formula is C10H20N2OS2. The van der Waals surface area contributed by atoms with E-state index in [1.54, 1.807) is 0 Å². The first-order valence-electron chi connectivity index (χ1n) is 5.27. The largest absolute Gasteiger partial charge is 0.350 e. The maximum Gasteiger partial charge on any atom is 0.138 e. The third-order valence-corrected chi connectivity index (χ3v) is 4.67. The van der Waals surface area contributed by atoms with Gasteiger partial charge in [-0.2, -0.15) is 5.48 Å². The molecule has 0 aromatic heterocycles. The maximum atomic E-state index is 9.06. The zero-order valence-corrected chi connectivity index (χ0v) is 11.4. The van der Waals surface area contributed by atoms with Gasteiger partial charge in [0.1, 0.15) is 9.69 Å². The maximum absolute atomic E-state index is 9.06. The van der Waals surface area contributed by atoms with Crippen LogP contribution in [0.1, 0.15) is 34.1 Å². The van der Waals surface area contributed by atoms with Crippen LogP contribution in [0, 0.1) is 5.92 Å². The average molecular weight is 248 g/mol. The number of hydroxylamine groups is 1. The molecule has 15 heavy (non-hydrogen) atoms. The van der Waals surface area contributed by atoms with Gasteiger partial charge in [-0.1, -0.05) is 37.8 Å². The molecule has 0 saturated carbocycles. The Labute approximate surface area is 102 Å². The predicted molar refractivity (Wildman–Crippen MR) is 69.1 cm³/mol. The van der Waals surface area contributed by atoms with Crippen LogP contribution in [0.2, 0.25) is 0 Å². The smallest absolute Gasteiger partial charge is 0.138 e. The molecule has 3 nitrogen and oxygen atoms in total. The highest BCUT2D eigenvalue weighted by Crippen LogP contribution is 2.38. The number of hydrogen-bond acceptors (Lipinski definition) is 4. The van der Waals surface area contributed by atoms with Crippen LogP contribution in [-0.4, -0.2) is 31.9 Å². The van der Waals surface area contributed by atoms with Crippen molar-refractivity contribution in [2.24, 2.45) is 5.92 Å². The molecule has 0 unspecified atom stereocenters. The van der Waals surface area contributed by atoms with Crippen LogP contribution in [0.5, 0.6) is 0 Å². The van der Waals surface area contributed by atoms with Crippen LogP contribution in [0.3, 0.4) is 0 Å². The molecule has 1 heterocycles. The fourth-order valence-electron chi connectivity index (χ4n) is 1.64. The summed E-state index contributed by atoms with van der Waals surface area (Å²) in [5, 5.41) is 9.03. The monoisotopic (exact) mass is 248 g/mol. The lowest BCUT2D eigenvalue weighted by atomic mass is 10.0. The van der Waals surface area contributed by atoms with Crippen molar-refractivity contribution < 1.29 is 5.21 Å². The molecule has 1 saturated heterocycles. The van der Waals surface area contributed by atoms with Crippen LogP contribution in [0.15, 0.2) is 0 Å². The number of thioether (sulfide) groups is 1. The number of nitrogens with zero attached hydrogens (tertiary/aromatic N) is 1. The summed E-state index contributed by atoms with van der Waals surface area (Å²) in [5.74, 6) is 0.676. The van der Waals surface area contributed by atoms with Gasteiger partial charge in [0.05, 0.1) is 5.54 Å². The van der Waals surface area contributed by atoms with Crippen molar-refractivity contribution in [3.05, 3.63) is 0 Å². The quantitative estimate of drug-likeness (QED) is 0.590. The molecular weight excluding hydrogens is 228 g/mol. The highest BCUT2D eigenvalue weighted by atomic mass is 32.2. The summed E-state index contributed by atoms with van der Waals surface area (Å²) in [4.78, 5) is 2.21. The summed E-state index contributed by atoms with van der Waals surface area (Å²) in [6.45, 7) is 9.60. The van der Waals surface area contributed by atoms with Crippen molar-refractivity contribution in [3.8, 4) is 0 Å². The minimum Gasteiger partial charge on any atom is -0.350 e. The van der Waals surface area contributed by atoms with Crippen molar-refractivity contribution in [2.75, 3.05) is 6.54 Å². The van der Waals surface area contributed by atoms with Gasteiger partial charge in [0.25, 0.3) is 0 Å². The van der Waals surface area contributed by atoms with Crippen molar-refractivity contribution in [2.45, 2.75) is 45.0 Å². The van der Waals surface area contributed by atoms with Gasteiger partial charge in [-0.25, -0.2) is 0 Å². The molecule has 0 amide bonds. The Morgan fingerprint density at radius 3 is 2.60 bits per heavy atom. The molecule has 0 aromatic rings. The van der Waals surface area contributed by atoms with Gasteiger partial charge in [-0.15, -0.1) is 0 Å². The fourth-order valence-corrected chi connectivity index (χ4v) is 3.38. The van der Waals surface area contributed by atoms with E-state index in [1.807, 2.05) is 0 Å². The van der Waals surface area contributed by atoms with E-state index in [-0.39, 0.29) is 10.9 Å². The van der Waals surface area contributed by atoms with Gasteiger partial charge in [0.2, 0.25) is 0 Å². The van der Waals surface area contributed by atoms with E-state index in [1.165, 1.54) is 11.8 Å². The van der Waals surface area contributed by atoms with E-state index in [0.29, 0.717) is 5.92 Å². The highest BCUT2D eigenvalue weighted by Gasteiger charge is 2.44. The first kappa shape index (κ1) is 13.2. The Balaban J connectivity index is 2.66. The second-order valence-electron chi connectivity index (χ2n) is 4.88. The molecule has 1 aliphatic heterocycles. The molecule has 0 radical (unpaired) electrons. The van der Waals surface area contributed by atoms with Crippen LogP contribution in [0.4, 0.5) is 0 Å². The van der Waals surface area contributed by atoms with Gasteiger partial charge in [0, 0.05) is 6.54 Å². The lowest BCUT2D eigenvalue weighted by molar-refractivity contribution is 0.0934. The van der Waals surface area contributed by atoms with Crippen LogP contribution >= 0.6 is 24.0 Å². The lowest BCUT2D eigenvalue weighted by Crippen LogP contribution is -2.50. The van der Waals surface area contributed by atoms with E-state index in [4.69, 9.17) is 17.4 Å². The number of rotatable bonds is 4. The van der Waals surface area contributed by atoms with Gasteiger partial charge in [-0.05, 0) is 26.2 Å². The molecule has 1 aliphatic rings. The van der Waals surface area contributed by atoms with Crippen molar-refractivity contribution in [3.63, 3.8) is 0 Å². The number of nitrogens with one attached hydrogen (secondary N) is 1. The molecule has 0 spiro atoms. The second-order valence-corrected chi connectivity index (χ2v) is 6.62. The average Bonchev–Trinajstić information content (AvgIpc) is 2.33. The molecule has 1 fully saturated rings. The Hall–Kier alpha value is 0.160.